The second-order valence-electron chi connectivity index (χ2n) is 7.87. The fraction of sp³-hybridized carbons (Fsp3) is 0.280. The molecular weight excluding hydrogens is 446 g/mol. The zero-order valence-corrected chi connectivity index (χ0v) is 19.1. The first-order valence-electron chi connectivity index (χ1n) is 10.7. The van der Waals surface area contributed by atoms with Crippen LogP contribution in [0.2, 0.25) is 5.02 Å². The number of benzene rings is 2. The number of carbonyl (C=O) groups is 2. The quantitative estimate of drug-likeness (QED) is 0.386. The Kier molecular flexibility index (Phi) is 7.12. The van der Waals surface area contributed by atoms with Crippen molar-refractivity contribution in [1.29, 1.82) is 0 Å². The van der Waals surface area contributed by atoms with E-state index in [0.29, 0.717) is 10.7 Å². The highest BCUT2D eigenvalue weighted by Crippen LogP contribution is 2.44. The molecule has 0 radical (unpaired) electrons. The van der Waals surface area contributed by atoms with Gasteiger partial charge in [0.05, 0.1) is 12.2 Å². The number of carboxylic acid groups (broad SMARTS) is 1. The van der Waals surface area contributed by atoms with Crippen LogP contribution in [0.25, 0.3) is 10.4 Å². The van der Waals surface area contributed by atoms with Gasteiger partial charge in [-0.3, -0.25) is 4.79 Å². The average Bonchev–Trinajstić information content (AvgIpc) is 3.22. The van der Waals surface area contributed by atoms with Crippen molar-refractivity contribution in [2.24, 2.45) is 5.92 Å². The van der Waals surface area contributed by atoms with E-state index < -0.39 is 6.16 Å². The topological polar surface area (TPSA) is 66.8 Å². The van der Waals surface area contributed by atoms with Crippen molar-refractivity contribution >= 4 is 40.7 Å². The Labute approximate surface area is 196 Å². The zero-order valence-electron chi connectivity index (χ0n) is 17.5. The van der Waals surface area contributed by atoms with Gasteiger partial charge < -0.3 is 14.7 Å². The van der Waals surface area contributed by atoms with E-state index in [0.717, 1.165) is 48.1 Å². The molecule has 0 bridgehead atoms. The summed E-state index contributed by atoms with van der Waals surface area (Å²) in [4.78, 5) is 27.6. The van der Waals surface area contributed by atoms with Gasteiger partial charge in [-0.25, -0.2) is 4.79 Å². The smallest absolute Gasteiger partial charge is 0.449 e. The van der Waals surface area contributed by atoms with Crippen molar-refractivity contribution < 1.29 is 19.4 Å². The highest BCUT2D eigenvalue weighted by Gasteiger charge is 2.31. The van der Waals surface area contributed by atoms with E-state index in [1.807, 2.05) is 54.6 Å². The molecule has 2 aromatic carbocycles. The summed E-state index contributed by atoms with van der Waals surface area (Å²) in [5, 5.41) is 10.1. The summed E-state index contributed by atoms with van der Waals surface area (Å²) in [6.45, 7) is 0.246. The maximum atomic E-state index is 13.7. The Bertz CT molecular complexity index is 1090. The molecule has 1 aliphatic carbocycles. The summed E-state index contributed by atoms with van der Waals surface area (Å²) in [6, 6.07) is 18.9. The molecule has 0 saturated heterocycles. The molecule has 1 aliphatic rings. The normalized spacial score (nSPS) is 14.2. The Hall–Kier alpha value is -2.83. The highest BCUT2D eigenvalue weighted by molar-refractivity contribution is 7.18. The maximum absolute atomic E-state index is 13.7. The molecule has 7 heteroatoms. The Morgan fingerprint density at radius 3 is 2.41 bits per heavy atom. The molecular formula is C25H24ClNO4S. The van der Waals surface area contributed by atoms with Gasteiger partial charge in [0.2, 0.25) is 11.0 Å². The summed E-state index contributed by atoms with van der Waals surface area (Å²) >= 11 is 7.63. The average molecular weight is 470 g/mol. The maximum Gasteiger partial charge on any atom is 0.512 e. The van der Waals surface area contributed by atoms with Crippen LogP contribution >= 0.6 is 22.9 Å². The van der Waals surface area contributed by atoms with Crippen LogP contribution in [0.4, 0.5) is 10.5 Å². The predicted molar refractivity (Wildman–Crippen MR) is 128 cm³/mol. The number of carbonyl (C=O) groups excluding carboxylic acids is 1. The number of thiophene rings is 1. The van der Waals surface area contributed by atoms with Crippen molar-refractivity contribution in [2.45, 2.75) is 38.6 Å². The fourth-order valence-corrected chi connectivity index (χ4v) is 5.30. The van der Waals surface area contributed by atoms with E-state index in [4.69, 9.17) is 16.3 Å². The first kappa shape index (κ1) is 22.4. The third-order valence-electron chi connectivity index (χ3n) is 5.72. The van der Waals surface area contributed by atoms with Crippen LogP contribution < -0.4 is 9.64 Å². The molecule has 166 valence electrons. The number of amides is 1. The molecule has 1 aromatic heterocycles. The number of nitrogens with zero attached hydrogens (tertiary/aromatic N) is 1. The van der Waals surface area contributed by atoms with Crippen molar-refractivity contribution in [2.75, 3.05) is 4.90 Å². The number of rotatable bonds is 6. The second kappa shape index (κ2) is 10.2. The minimum Gasteiger partial charge on any atom is -0.449 e. The van der Waals surface area contributed by atoms with E-state index in [-0.39, 0.29) is 23.4 Å². The Morgan fingerprint density at radius 1 is 1.03 bits per heavy atom. The van der Waals surface area contributed by atoms with Gasteiger partial charge in [-0.15, -0.1) is 0 Å². The second-order valence-corrected chi connectivity index (χ2v) is 9.29. The van der Waals surface area contributed by atoms with Gasteiger partial charge in [0.1, 0.15) is 0 Å². The number of ether oxygens (including phenoxy) is 1. The minimum absolute atomic E-state index is 0.0164. The molecule has 0 atom stereocenters. The predicted octanol–water partition coefficient (Wildman–Crippen LogP) is 7.24. The number of anilines is 1. The lowest BCUT2D eigenvalue weighted by Crippen LogP contribution is -2.36. The lowest BCUT2D eigenvalue weighted by Gasteiger charge is -2.29. The van der Waals surface area contributed by atoms with E-state index in [1.54, 1.807) is 11.0 Å². The van der Waals surface area contributed by atoms with E-state index >= 15 is 0 Å². The van der Waals surface area contributed by atoms with Gasteiger partial charge in [0.15, 0.2) is 0 Å². The van der Waals surface area contributed by atoms with Crippen LogP contribution in [0.5, 0.6) is 5.06 Å². The number of hydrogen-bond acceptors (Lipinski definition) is 4. The summed E-state index contributed by atoms with van der Waals surface area (Å²) in [7, 11) is 0. The fourth-order valence-electron chi connectivity index (χ4n) is 4.10. The van der Waals surface area contributed by atoms with Gasteiger partial charge in [0, 0.05) is 15.8 Å². The monoisotopic (exact) mass is 469 g/mol. The first-order valence-corrected chi connectivity index (χ1v) is 11.9. The van der Waals surface area contributed by atoms with Gasteiger partial charge >= 0.3 is 6.16 Å². The summed E-state index contributed by atoms with van der Waals surface area (Å²) in [6.07, 6.45) is 3.45. The van der Waals surface area contributed by atoms with Crippen molar-refractivity contribution in [3.63, 3.8) is 0 Å². The molecule has 0 spiro atoms. The molecule has 3 aromatic rings. The molecule has 5 nitrogen and oxygen atoms in total. The molecule has 4 rings (SSSR count). The van der Waals surface area contributed by atoms with Crippen LogP contribution in [0.3, 0.4) is 0 Å². The first-order chi connectivity index (χ1) is 15.5. The lowest BCUT2D eigenvalue weighted by molar-refractivity contribution is -0.123. The largest absolute Gasteiger partial charge is 0.512 e. The Morgan fingerprint density at radius 2 is 1.72 bits per heavy atom. The molecule has 1 amide bonds. The van der Waals surface area contributed by atoms with Crippen LogP contribution in [0.15, 0.2) is 60.7 Å². The molecule has 32 heavy (non-hydrogen) atoms. The van der Waals surface area contributed by atoms with Gasteiger partial charge in [-0.2, -0.15) is 0 Å². The molecule has 0 unspecified atom stereocenters. The van der Waals surface area contributed by atoms with Crippen LogP contribution in [0.1, 0.15) is 37.7 Å². The standard InChI is InChI=1S/C25H24ClNO4S/c26-20-14-8-7-13-19(20)16-27(23(28)18-11-5-2-6-12-18)21-15-22(17-9-3-1-4-10-17)32-24(21)31-25(29)30/h1,3-4,7-10,13-15,18H,2,5-6,11-12,16H2,(H,29,30). The Balaban J connectivity index is 1.78. The SMILES string of the molecule is O=C(O)Oc1sc(-c2ccccc2)cc1N(Cc1ccccc1Cl)C(=O)C1CCCCC1. The van der Waals surface area contributed by atoms with Crippen molar-refractivity contribution in [1.82, 2.24) is 0 Å². The molecule has 0 aliphatic heterocycles. The van der Waals surface area contributed by atoms with E-state index in [2.05, 4.69) is 0 Å². The van der Waals surface area contributed by atoms with Gasteiger partial charge in [0.25, 0.3) is 0 Å². The van der Waals surface area contributed by atoms with E-state index in [9.17, 15) is 14.7 Å². The number of halogens is 1. The summed E-state index contributed by atoms with van der Waals surface area (Å²) in [5.41, 5.74) is 2.20. The molecule has 1 heterocycles. The molecule has 1 N–H and O–H groups in total. The van der Waals surface area contributed by atoms with E-state index in [1.165, 1.54) is 11.3 Å². The van der Waals surface area contributed by atoms with Crippen molar-refractivity contribution in [3.8, 4) is 15.5 Å². The van der Waals surface area contributed by atoms with Crippen molar-refractivity contribution in [3.05, 3.63) is 71.2 Å². The van der Waals surface area contributed by atoms with Crippen LogP contribution in [0, 0.1) is 5.92 Å². The molecule has 1 fully saturated rings. The summed E-state index contributed by atoms with van der Waals surface area (Å²) < 4.78 is 5.14. The minimum atomic E-state index is -1.41. The third-order valence-corrected chi connectivity index (χ3v) is 7.14. The summed E-state index contributed by atoms with van der Waals surface area (Å²) in [5.74, 6) is -0.110. The molecule has 1 saturated carbocycles. The van der Waals surface area contributed by atoms with Crippen LogP contribution in [-0.4, -0.2) is 17.2 Å². The zero-order chi connectivity index (χ0) is 22.5. The number of hydrogen-bond donors (Lipinski definition) is 1. The highest BCUT2D eigenvalue weighted by atomic mass is 35.5. The van der Waals surface area contributed by atoms with Gasteiger partial charge in [-0.1, -0.05) is 90.7 Å². The lowest BCUT2D eigenvalue weighted by atomic mass is 9.88. The van der Waals surface area contributed by atoms with Gasteiger partial charge in [-0.05, 0) is 36.1 Å². The third kappa shape index (κ3) is 5.14. The van der Waals surface area contributed by atoms with Crippen LogP contribution in [-0.2, 0) is 11.3 Å².